The predicted octanol–water partition coefficient (Wildman–Crippen LogP) is 1.46. The zero-order valence-electron chi connectivity index (χ0n) is 8.29. The molecular formula is C10H19NO2. The highest BCUT2D eigenvalue weighted by Crippen LogP contribution is 2.28. The fraction of sp³-hybridized carbons (Fsp3) is 0.900. The van der Waals surface area contributed by atoms with Crippen LogP contribution in [0.2, 0.25) is 0 Å². The van der Waals surface area contributed by atoms with Crippen LogP contribution in [0.25, 0.3) is 0 Å². The monoisotopic (exact) mass is 185 g/mol. The van der Waals surface area contributed by atoms with Gasteiger partial charge in [0.1, 0.15) is 6.04 Å². The summed E-state index contributed by atoms with van der Waals surface area (Å²) in [4.78, 5) is 11.2. The summed E-state index contributed by atoms with van der Waals surface area (Å²) in [5.41, 5.74) is 5.71. The topological polar surface area (TPSA) is 52.3 Å². The molecule has 13 heavy (non-hydrogen) atoms. The van der Waals surface area contributed by atoms with Gasteiger partial charge in [-0.3, -0.25) is 4.79 Å². The van der Waals surface area contributed by atoms with Gasteiger partial charge in [-0.15, -0.1) is 0 Å². The molecule has 1 rings (SSSR count). The zero-order valence-corrected chi connectivity index (χ0v) is 8.29. The molecule has 0 saturated heterocycles. The number of hydrogen-bond donors (Lipinski definition) is 1. The van der Waals surface area contributed by atoms with Crippen molar-refractivity contribution in [3.63, 3.8) is 0 Å². The Morgan fingerprint density at radius 2 is 2.15 bits per heavy atom. The van der Waals surface area contributed by atoms with Crippen LogP contribution >= 0.6 is 0 Å². The van der Waals surface area contributed by atoms with Crippen molar-refractivity contribution < 1.29 is 9.53 Å². The summed E-state index contributed by atoms with van der Waals surface area (Å²) < 4.78 is 4.85. The van der Waals surface area contributed by atoms with Crippen LogP contribution in [0.5, 0.6) is 0 Å². The van der Waals surface area contributed by atoms with E-state index in [2.05, 4.69) is 0 Å². The van der Waals surface area contributed by atoms with Gasteiger partial charge in [0.2, 0.25) is 0 Å². The second-order valence-corrected chi connectivity index (χ2v) is 3.74. The lowest BCUT2D eigenvalue weighted by atomic mass is 9.99. The minimum absolute atomic E-state index is 0.241. The Labute approximate surface area is 79.6 Å². The van der Waals surface area contributed by atoms with Crippen LogP contribution in [0.3, 0.4) is 0 Å². The average molecular weight is 185 g/mol. The molecule has 0 aromatic heterocycles. The van der Waals surface area contributed by atoms with Crippen LogP contribution in [0, 0.1) is 5.92 Å². The molecule has 0 aromatic carbocycles. The second kappa shape index (κ2) is 5.22. The van der Waals surface area contributed by atoms with Crippen molar-refractivity contribution in [2.45, 2.75) is 45.1 Å². The van der Waals surface area contributed by atoms with E-state index in [-0.39, 0.29) is 5.97 Å². The third-order valence-corrected chi connectivity index (χ3v) is 2.65. The summed E-state index contributed by atoms with van der Waals surface area (Å²) in [5.74, 6) is 0.411. The van der Waals surface area contributed by atoms with Crippen LogP contribution < -0.4 is 5.73 Å². The fourth-order valence-electron chi connectivity index (χ4n) is 1.95. The van der Waals surface area contributed by atoms with Crippen LogP contribution in [-0.2, 0) is 9.53 Å². The Morgan fingerprint density at radius 1 is 1.54 bits per heavy atom. The molecule has 0 aromatic rings. The van der Waals surface area contributed by atoms with Gasteiger partial charge >= 0.3 is 5.97 Å². The number of carbonyl (C=O) groups excluding carboxylic acids is 1. The summed E-state index contributed by atoms with van der Waals surface area (Å²) in [5, 5.41) is 0. The number of rotatable bonds is 4. The maximum absolute atomic E-state index is 11.2. The highest BCUT2D eigenvalue weighted by molar-refractivity contribution is 5.75. The lowest BCUT2D eigenvalue weighted by Crippen LogP contribution is -2.33. The predicted molar refractivity (Wildman–Crippen MR) is 51.2 cm³/mol. The molecule has 1 fully saturated rings. The number of esters is 1. The largest absolute Gasteiger partial charge is 0.465 e. The third-order valence-electron chi connectivity index (χ3n) is 2.65. The van der Waals surface area contributed by atoms with E-state index in [0.717, 1.165) is 6.42 Å². The van der Waals surface area contributed by atoms with Gasteiger partial charge in [0.25, 0.3) is 0 Å². The maximum atomic E-state index is 11.2. The number of nitrogens with two attached hydrogens (primary N) is 1. The molecular weight excluding hydrogens is 166 g/mol. The zero-order chi connectivity index (χ0) is 9.68. The first kappa shape index (κ1) is 10.5. The Morgan fingerprint density at radius 3 is 2.69 bits per heavy atom. The van der Waals surface area contributed by atoms with E-state index in [1.807, 2.05) is 0 Å². The van der Waals surface area contributed by atoms with Gasteiger partial charge in [0, 0.05) is 0 Å². The Kier molecular flexibility index (Phi) is 4.22. The fourth-order valence-corrected chi connectivity index (χ4v) is 1.95. The quantitative estimate of drug-likeness (QED) is 0.674. The van der Waals surface area contributed by atoms with Crippen LogP contribution in [0.15, 0.2) is 0 Å². The summed E-state index contributed by atoms with van der Waals surface area (Å²) in [6.45, 7) is 2.23. The van der Waals surface area contributed by atoms with Crippen LogP contribution in [0.4, 0.5) is 0 Å². The van der Waals surface area contributed by atoms with E-state index in [1.54, 1.807) is 6.92 Å². The van der Waals surface area contributed by atoms with Crippen molar-refractivity contribution >= 4 is 5.97 Å². The molecule has 1 atom stereocenters. The van der Waals surface area contributed by atoms with Gasteiger partial charge in [-0.25, -0.2) is 0 Å². The van der Waals surface area contributed by atoms with Crippen molar-refractivity contribution in [3.8, 4) is 0 Å². The van der Waals surface area contributed by atoms with E-state index >= 15 is 0 Å². The molecule has 3 nitrogen and oxygen atoms in total. The van der Waals surface area contributed by atoms with Crippen LogP contribution in [0.1, 0.15) is 39.0 Å². The highest BCUT2D eigenvalue weighted by Gasteiger charge is 2.22. The molecule has 0 spiro atoms. The summed E-state index contributed by atoms with van der Waals surface area (Å²) in [6, 6.07) is -0.400. The van der Waals surface area contributed by atoms with Crippen molar-refractivity contribution in [1.82, 2.24) is 0 Å². The average Bonchev–Trinajstić information content (AvgIpc) is 2.57. The molecule has 3 heteroatoms. The summed E-state index contributed by atoms with van der Waals surface area (Å²) in [6.07, 6.45) is 5.85. The van der Waals surface area contributed by atoms with Crippen molar-refractivity contribution in [2.75, 3.05) is 6.61 Å². The smallest absolute Gasteiger partial charge is 0.322 e. The SMILES string of the molecule is CCOC(=O)[C@@H](N)CC1CCCC1. The first-order valence-electron chi connectivity index (χ1n) is 5.16. The summed E-state index contributed by atoms with van der Waals surface area (Å²) >= 11 is 0. The van der Waals surface area contributed by atoms with Gasteiger partial charge in [-0.2, -0.15) is 0 Å². The van der Waals surface area contributed by atoms with Gasteiger partial charge in [-0.1, -0.05) is 25.7 Å². The van der Waals surface area contributed by atoms with Crippen LogP contribution in [-0.4, -0.2) is 18.6 Å². The number of ether oxygens (including phenoxy) is 1. The minimum Gasteiger partial charge on any atom is -0.465 e. The number of hydrogen-bond acceptors (Lipinski definition) is 3. The second-order valence-electron chi connectivity index (χ2n) is 3.74. The van der Waals surface area contributed by atoms with Gasteiger partial charge in [0.05, 0.1) is 6.61 Å². The minimum atomic E-state index is -0.400. The van der Waals surface area contributed by atoms with Gasteiger partial charge in [-0.05, 0) is 19.3 Å². The molecule has 0 radical (unpaired) electrons. The molecule has 1 aliphatic rings. The molecule has 1 aliphatic carbocycles. The first-order valence-corrected chi connectivity index (χ1v) is 5.16. The Balaban J connectivity index is 2.22. The lowest BCUT2D eigenvalue weighted by molar-refractivity contribution is -0.145. The molecule has 0 bridgehead atoms. The van der Waals surface area contributed by atoms with E-state index in [9.17, 15) is 4.79 Å². The molecule has 0 amide bonds. The van der Waals surface area contributed by atoms with Crippen molar-refractivity contribution in [2.24, 2.45) is 11.7 Å². The maximum Gasteiger partial charge on any atom is 0.322 e. The highest BCUT2D eigenvalue weighted by atomic mass is 16.5. The molecule has 76 valence electrons. The molecule has 2 N–H and O–H groups in total. The van der Waals surface area contributed by atoms with E-state index in [4.69, 9.17) is 10.5 Å². The molecule has 0 heterocycles. The normalized spacial score (nSPS) is 20.2. The van der Waals surface area contributed by atoms with E-state index in [0.29, 0.717) is 12.5 Å². The lowest BCUT2D eigenvalue weighted by Gasteiger charge is -2.14. The number of carbonyl (C=O) groups is 1. The third kappa shape index (κ3) is 3.35. The Bertz CT molecular complexity index is 164. The summed E-state index contributed by atoms with van der Waals surface area (Å²) in [7, 11) is 0. The van der Waals surface area contributed by atoms with E-state index < -0.39 is 6.04 Å². The van der Waals surface area contributed by atoms with Crippen molar-refractivity contribution in [3.05, 3.63) is 0 Å². The van der Waals surface area contributed by atoms with Crippen molar-refractivity contribution in [1.29, 1.82) is 0 Å². The standard InChI is InChI=1S/C10H19NO2/c1-2-13-10(12)9(11)7-8-5-3-4-6-8/h8-9H,2-7,11H2,1H3/t9-/m0/s1. The molecule has 1 saturated carbocycles. The van der Waals surface area contributed by atoms with Gasteiger partial charge in [0.15, 0.2) is 0 Å². The Hall–Kier alpha value is -0.570. The molecule has 0 aliphatic heterocycles. The first-order chi connectivity index (χ1) is 6.24. The van der Waals surface area contributed by atoms with Gasteiger partial charge < -0.3 is 10.5 Å². The van der Waals surface area contributed by atoms with E-state index in [1.165, 1.54) is 25.7 Å². The molecule has 0 unspecified atom stereocenters.